The van der Waals surface area contributed by atoms with Crippen molar-refractivity contribution in [1.29, 1.82) is 0 Å². The molecule has 2 rings (SSSR count). The lowest BCUT2D eigenvalue weighted by Crippen LogP contribution is -2.16. The minimum atomic E-state index is -0.200. The fraction of sp³-hybridized carbons (Fsp3) is 0.200. The van der Waals surface area contributed by atoms with E-state index in [1.54, 1.807) is 12.1 Å². The Kier molecular flexibility index (Phi) is 3.95. The Morgan fingerprint density at radius 3 is 2.06 bits per heavy atom. The van der Waals surface area contributed by atoms with E-state index in [2.05, 4.69) is 4.90 Å². The summed E-state index contributed by atoms with van der Waals surface area (Å²) in [6.45, 7) is 1.31. The van der Waals surface area contributed by atoms with Crippen LogP contribution in [0.2, 0.25) is 0 Å². The van der Waals surface area contributed by atoms with Gasteiger partial charge in [-0.05, 0) is 35.4 Å². The summed E-state index contributed by atoms with van der Waals surface area (Å²) in [7, 11) is 2.01. The Morgan fingerprint density at radius 2 is 1.50 bits per heavy atom. The molecule has 0 fully saturated rings. The minimum Gasteiger partial charge on any atom is -0.370 e. The second-order valence-electron chi connectivity index (χ2n) is 4.35. The standard InChI is InChI=1S/C15H17FN2/c1-18(11-13-2-6-14(16)7-3-13)15-8-4-12(10-17)5-9-15/h2-9H,10-11,17H2,1H3. The molecule has 0 spiro atoms. The normalized spacial score (nSPS) is 10.4. The van der Waals surface area contributed by atoms with E-state index in [1.165, 1.54) is 12.1 Å². The van der Waals surface area contributed by atoms with Crippen molar-refractivity contribution in [3.63, 3.8) is 0 Å². The van der Waals surface area contributed by atoms with Gasteiger partial charge in [0, 0.05) is 25.8 Å². The van der Waals surface area contributed by atoms with Gasteiger partial charge in [0.05, 0.1) is 0 Å². The summed E-state index contributed by atoms with van der Waals surface area (Å²) in [6, 6.07) is 14.7. The monoisotopic (exact) mass is 244 g/mol. The number of rotatable bonds is 4. The molecule has 0 bridgehead atoms. The van der Waals surface area contributed by atoms with Gasteiger partial charge in [-0.15, -0.1) is 0 Å². The topological polar surface area (TPSA) is 29.3 Å². The summed E-state index contributed by atoms with van der Waals surface area (Å²) in [4.78, 5) is 2.12. The van der Waals surface area contributed by atoms with Gasteiger partial charge in [-0.3, -0.25) is 0 Å². The van der Waals surface area contributed by atoms with E-state index in [4.69, 9.17) is 5.73 Å². The Balaban J connectivity index is 2.06. The van der Waals surface area contributed by atoms with E-state index in [0.717, 1.165) is 23.4 Å². The molecule has 2 N–H and O–H groups in total. The average molecular weight is 244 g/mol. The van der Waals surface area contributed by atoms with Crippen molar-refractivity contribution in [2.45, 2.75) is 13.1 Å². The molecule has 2 aromatic carbocycles. The van der Waals surface area contributed by atoms with Crippen molar-refractivity contribution in [2.24, 2.45) is 5.73 Å². The average Bonchev–Trinajstić information content (AvgIpc) is 2.41. The van der Waals surface area contributed by atoms with Crippen LogP contribution in [0, 0.1) is 5.82 Å². The molecule has 0 unspecified atom stereocenters. The van der Waals surface area contributed by atoms with Crippen LogP contribution in [0.3, 0.4) is 0 Å². The first-order valence-electron chi connectivity index (χ1n) is 5.93. The Morgan fingerprint density at radius 1 is 0.944 bits per heavy atom. The lowest BCUT2D eigenvalue weighted by atomic mass is 10.1. The zero-order valence-corrected chi connectivity index (χ0v) is 10.4. The summed E-state index contributed by atoms with van der Waals surface area (Å²) in [5, 5.41) is 0. The van der Waals surface area contributed by atoms with Crippen molar-refractivity contribution >= 4 is 5.69 Å². The highest BCUT2D eigenvalue weighted by molar-refractivity contribution is 5.47. The summed E-state index contributed by atoms with van der Waals surface area (Å²) in [5.74, 6) is -0.200. The molecule has 0 aliphatic rings. The van der Waals surface area contributed by atoms with Gasteiger partial charge in [-0.1, -0.05) is 24.3 Å². The van der Waals surface area contributed by atoms with Gasteiger partial charge in [0.1, 0.15) is 5.82 Å². The number of anilines is 1. The second kappa shape index (κ2) is 5.65. The maximum absolute atomic E-state index is 12.8. The lowest BCUT2D eigenvalue weighted by molar-refractivity contribution is 0.627. The molecule has 0 aliphatic heterocycles. The molecule has 0 aliphatic carbocycles. The predicted octanol–water partition coefficient (Wildman–Crippen LogP) is 2.92. The SMILES string of the molecule is CN(Cc1ccc(F)cc1)c1ccc(CN)cc1. The summed E-state index contributed by atoms with van der Waals surface area (Å²) < 4.78 is 12.8. The fourth-order valence-corrected chi connectivity index (χ4v) is 1.84. The molecule has 0 saturated carbocycles. The zero-order chi connectivity index (χ0) is 13.0. The number of benzene rings is 2. The third-order valence-electron chi connectivity index (χ3n) is 2.95. The first-order valence-corrected chi connectivity index (χ1v) is 5.93. The Bertz CT molecular complexity index is 491. The molecule has 2 nitrogen and oxygen atoms in total. The van der Waals surface area contributed by atoms with Crippen LogP contribution in [0.1, 0.15) is 11.1 Å². The molecule has 0 saturated heterocycles. The number of hydrogen-bond acceptors (Lipinski definition) is 2. The van der Waals surface area contributed by atoms with Crippen molar-refractivity contribution in [1.82, 2.24) is 0 Å². The molecule has 3 heteroatoms. The number of nitrogens with two attached hydrogens (primary N) is 1. The van der Waals surface area contributed by atoms with Crippen molar-refractivity contribution in [3.8, 4) is 0 Å². The van der Waals surface area contributed by atoms with Crippen LogP contribution in [0.15, 0.2) is 48.5 Å². The van der Waals surface area contributed by atoms with Gasteiger partial charge >= 0.3 is 0 Å². The van der Waals surface area contributed by atoms with Gasteiger partial charge in [0.2, 0.25) is 0 Å². The van der Waals surface area contributed by atoms with Gasteiger partial charge in [-0.2, -0.15) is 0 Å². The molecule has 0 heterocycles. The number of nitrogens with zero attached hydrogens (tertiary/aromatic N) is 1. The highest BCUT2D eigenvalue weighted by Gasteiger charge is 2.02. The van der Waals surface area contributed by atoms with Crippen molar-refractivity contribution in [2.75, 3.05) is 11.9 Å². The van der Waals surface area contributed by atoms with Gasteiger partial charge in [-0.25, -0.2) is 4.39 Å². The van der Waals surface area contributed by atoms with Crippen LogP contribution in [0.5, 0.6) is 0 Å². The second-order valence-corrected chi connectivity index (χ2v) is 4.35. The largest absolute Gasteiger partial charge is 0.370 e. The van der Waals surface area contributed by atoms with E-state index >= 15 is 0 Å². The van der Waals surface area contributed by atoms with Crippen LogP contribution >= 0.6 is 0 Å². The highest BCUT2D eigenvalue weighted by Crippen LogP contribution is 2.16. The first-order chi connectivity index (χ1) is 8.69. The Labute approximate surface area is 107 Å². The highest BCUT2D eigenvalue weighted by atomic mass is 19.1. The van der Waals surface area contributed by atoms with Gasteiger partial charge < -0.3 is 10.6 Å². The summed E-state index contributed by atoms with van der Waals surface area (Å²) in [6.07, 6.45) is 0. The lowest BCUT2D eigenvalue weighted by Gasteiger charge is -2.19. The smallest absolute Gasteiger partial charge is 0.123 e. The van der Waals surface area contributed by atoms with Crippen molar-refractivity contribution < 1.29 is 4.39 Å². The molecular formula is C15H17FN2. The van der Waals surface area contributed by atoms with Gasteiger partial charge in [0.15, 0.2) is 0 Å². The summed E-state index contributed by atoms with van der Waals surface area (Å²) in [5.41, 5.74) is 8.89. The third kappa shape index (κ3) is 3.08. The zero-order valence-electron chi connectivity index (χ0n) is 10.4. The number of halogens is 1. The number of hydrogen-bond donors (Lipinski definition) is 1. The van der Waals surface area contributed by atoms with E-state index in [0.29, 0.717) is 6.54 Å². The van der Waals surface area contributed by atoms with Crippen LogP contribution in [-0.4, -0.2) is 7.05 Å². The van der Waals surface area contributed by atoms with E-state index < -0.39 is 0 Å². The van der Waals surface area contributed by atoms with Gasteiger partial charge in [0.25, 0.3) is 0 Å². The Hall–Kier alpha value is -1.87. The van der Waals surface area contributed by atoms with Crippen LogP contribution in [0.4, 0.5) is 10.1 Å². The molecule has 18 heavy (non-hydrogen) atoms. The third-order valence-corrected chi connectivity index (χ3v) is 2.95. The maximum atomic E-state index is 12.8. The van der Waals surface area contributed by atoms with Crippen LogP contribution < -0.4 is 10.6 Å². The molecule has 2 aromatic rings. The quantitative estimate of drug-likeness (QED) is 0.896. The molecule has 0 amide bonds. The molecule has 94 valence electrons. The maximum Gasteiger partial charge on any atom is 0.123 e. The molecule has 0 radical (unpaired) electrons. The van der Waals surface area contributed by atoms with Crippen LogP contribution in [0.25, 0.3) is 0 Å². The fourth-order valence-electron chi connectivity index (χ4n) is 1.84. The summed E-state index contributed by atoms with van der Waals surface area (Å²) >= 11 is 0. The van der Waals surface area contributed by atoms with E-state index in [-0.39, 0.29) is 5.82 Å². The first kappa shape index (κ1) is 12.6. The molecular weight excluding hydrogens is 227 g/mol. The predicted molar refractivity (Wildman–Crippen MR) is 72.8 cm³/mol. The van der Waals surface area contributed by atoms with Crippen LogP contribution in [-0.2, 0) is 13.1 Å². The van der Waals surface area contributed by atoms with Crippen molar-refractivity contribution in [3.05, 3.63) is 65.5 Å². The van der Waals surface area contributed by atoms with E-state index in [9.17, 15) is 4.39 Å². The molecule has 0 atom stereocenters. The molecule has 0 aromatic heterocycles. The minimum absolute atomic E-state index is 0.200. The van der Waals surface area contributed by atoms with E-state index in [1.807, 2.05) is 31.3 Å².